The molecule has 0 fully saturated rings. The van der Waals surface area contributed by atoms with Crippen LogP contribution in [0.1, 0.15) is 12.5 Å². The maximum atomic E-state index is 12.3. The van der Waals surface area contributed by atoms with Crippen LogP contribution in [0.3, 0.4) is 0 Å². The summed E-state index contributed by atoms with van der Waals surface area (Å²) in [5.74, 6) is -0.239. The average molecular weight is 355 g/mol. The Balaban J connectivity index is 2.21. The van der Waals surface area contributed by atoms with Gasteiger partial charge in [-0.1, -0.05) is 17.7 Å². The topological polar surface area (TPSA) is 95.5 Å². The first kappa shape index (κ1) is 17.3. The molecule has 8 heteroatoms. The van der Waals surface area contributed by atoms with Crippen LogP contribution in [0.4, 0.5) is 11.4 Å². The van der Waals surface area contributed by atoms with Crippen molar-refractivity contribution in [3.8, 4) is 0 Å². The highest BCUT2D eigenvalue weighted by Gasteiger charge is 2.15. The molecule has 0 radical (unpaired) electrons. The Morgan fingerprint density at radius 3 is 2.26 bits per heavy atom. The van der Waals surface area contributed by atoms with E-state index in [1.54, 1.807) is 6.07 Å². The lowest BCUT2D eigenvalue weighted by molar-refractivity contribution is -0.114. The third kappa shape index (κ3) is 4.44. The predicted octanol–water partition coefficient (Wildman–Crippen LogP) is 2.59. The van der Waals surface area contributed by atoms with Gasteiger partial charge >= 0.3 is 0 Å². The zero-order chi connectivity index (χ0) is 17.0. The van der Waals surface area contributed by atoms with Crippen LogP contribution in [0.5, 0.6) is 0 Å². The molecule has 0 atom stereocenters. The van der Waals surface area contributed by atoms with Crippen molar-refractivity contribution in [3.63, 3.8) is 0 Å². The quantitative estimate of drug-likeness (QED) is 0.769. The molecule has 2 aromatic carbocycles. The lowest BCUT2D eigenvalue weighted by atomic mass is 10.2. The maximum Gasteiger partial charge on any atom is 0.261 e. The summed E-state index contributed by atoms with van der Waals surface area (Å²) in [6, 6.07) is 10.3. The second kappa shape index (κ2) is 6.99. The summed E-state index contributed by atoms with van der Waals surface area (Å²) in [5.41, 5.74) is 1.30. The average Bonchev–Trinajstić information content (AvgIpc) is 2.47. The van der Waals surface area contributed by atoms with Crippen molar-refractivity contribution in [1.82, 2.24) is 0 Å². The number of hydrogen-bond acceptors (Lipinski definition) is 4. The van der Waals surface area contributed by atoms with Crippen LogP contribution in [0.2, 0.25) is 5.02 Å². The van der Waals surface area contributed by atoms with Crippen LogP contribution in [-0.4, -0.2) is 19.4 Å². The highest BCUT2D eigenvalue weighted by atomic mass is 35.5. The van der Waals surface area contributed by atoms with Gasteiger partial charge in [0.1, 0.15) is 0 Å². The fourth-order valence-corrected chi connectivity index (χ4v) is 3.16. The molecule has 2 rings (SSSR count). The van der Waals surface area contributed by atoms with Crippen LogP contribution in [-0.2, 0) is 21.4 Å². The van der Waals surface area contributed by atoms with Gasteiger partial charge in [-0.3, -0.25) is 9.52 Å². The molecule has 3 N–H and O–H groups in total. The fraction of sp³-hybridized carbons (Fsp3) is 0.133. The standard InChI is InChI=1S/C15H15ClN2O4S/c1-10(20)17-12-4-6-14(7-5-12)23(21,22)18-13-3-2-11(9-19)15(16)8-13/h2-8,18-19H,9H2,1H3,(H,17,20). The summed E-state index contributed by atoms with van der Waals surface area (Å²) >= 11 is 5.94. The summed E-state index contributed by atoms with van der Waals surface area (Å²) in [7, 11) is -3.78. The van der Waals surface area contributed by atoms with E-state index in [9.17, 15) is 13.2 Å². The van der Waals surface area contributed by atoms with Gasteiger partial charge in [-0.2, -0.15) is 0 Å². The molecule has 0 aliphatic rings. The molecule has 23 heavy (non-hydrogen) atoms. The van der Waals surface area contributed by atoms with E-state index in [4.69, 9.17) is 16.7 Å². The van der Waals surface area contributed by atoms with Crippen molar-refractivity contribution in [1.29, 1.82) is 0 Å². The number of amides is 1. The van der Waals surface area contributed by atoms with Crippen molar-refractivity contribution < 1.29 is 18.3 Å². The van der Waals surface area contributed by atoms with E-state index >= 15 is 0 Å². The third-order valence-corrected chi connectivity index (χ3v) is 4.71. The normalized spacial score (nSPS) is 11.1. The van der Waals surface area contributed by atoms with Gasteiger partial charge in [0, 0.05) is 17.6 Å². The first-order valence-corrected chi connectivity index (χ1v) is 8.47. The van der Waals surface area contributed by atoms with E-state index in [0.717, 1.165) is 0 Å². The number of aliphatic hydroxyl groups excluding tert-OH is 1. The summed E-state index contributed by atoms with van der Waals surface area (Å²) in [5, 5.41) is 11.9. The smallest absolute Gasteiger partial charge is 0.261 e. The largest absolute Gasteiger partial charge is 0.392 e. The lowest BCUT2D eigenvalue weighted by Crippen LogP contribution is -2.13. The number of rotatable bonds is 5. The van der Waals surface area contributed by atoms with E-state index < -0.39 is 10.0 Å². The van der Waals surface area contributed by atoms with Gasteiger partial charge in [-0.15, -0.1) is 0 Å². The number of carbonyl (C=O) groups is 1. The highest BCUT2D eigenvalue weighted by molar-refractivity contribution is 7.92. The summed E-state index contributed by atoms with van der Waals surface area (Å²) in [6.45, 7) is 1.14. The van der Waals surface area contributed by atoms with E-state index in [-0.39, 0.29) is 28.1 Å². The number of sulfonamides is 1. The summed E-state index contributed by atoms with van der Waals surface area (Å²) in [6.07, 6.45) is 0. The Hall–Kier alpha value is -2.09. The zero-order valence-electron chi connectivity index (χ0n) is 12.2. The van der Waals surface area contributed by atoms with Crippen molar-refractivity contribution >= 4 is 38.9 Å². The molecule has 0 saturated heterocycles. The number of benzene rings is 2. The van der Waals surface area contributed by atoms with Gasteiger partial charge in [-0.05, 0) is 42.0 Å². The van der Waals surface area contributed by atoms with Gasteiger partial charge in [0.25, 0.3) is 10.0 Å². The number of anilines is 2. The molecule has 0 saturated carbocycles. The monoisotopic (exact) mass is 354 g/mol. The van der Waals surface area contributed by atoms with E-state index in [1.165, 1.54) is 43.3 Å². The minimum atomic E-state index is -3.78. The van der Waals surface area contributed by atoms with Gasteiger partial charge < -0.3 is 10.4 Å². The van der Waals surface area contributed by atoms with Gasteiger partial charge in [0.15, 0.2) is 0 Å². The second-order valence-electron chi connectivity index (χ2n) is 4.78. The fourth-order valence-electron chi connectivity index (χ4n) is 1.87. The highest BCUT2D eigenvalue weighted by Crippen LogP contribution is 2.23. The summed E-state index contributed by atoms with van der Waals surface area (Å²) in [4.78, 5) is 11.0. The number of hydrogen-bond donors (Lipinski definition) is 3. The van der Waals surface area contributed by atoms with Crippen molar-refractivity contribution in [3.05, 3.63) is 53.1 Å². The van der Waals surface area contributed by atoms with Crippen LogP contribution < -0.4 is 10.0 Å². The molecule has 0 aliphatic carbocycles. The minimum Gasteiger partial charge on any atom is -0.392 e. The van der Waals surface area contributed by atoms with Gasteiger partial charge in [0.05, 0.1) is 17.2 Å². The Kier molecular flexibility index (Phi) is 5.25. The number of aliphatic hydroxyl groups is 1. The second-order valence-corrected chi connectivity index (χ2v) is 6.86. The molecule has 122 valence electrons. The molecule has 2 aromatic rings. The molecule has 0 spiro atoms. The SMILES string of the molecule is CC(=O)Nc1ccc(S(=O)(=O)Nc2ccc(CO)c(Cl)c2)cc1. The molecule has 0 aliphatic heterocycles. The lowest BCUT2D eigenvalue weighted by Gasteiger charge is -2.10. The Labute approximate surface area is 139 Å². The maximum absolute atomic E-state index is 12.3. The van der Waals surface area contributed by atoms with Crippen LogP contribution in [0.25, 0.3) is 0 Å². The van der Waals surface area contributed by atoms with Crippen LogP contribution in [0.15, 0.2) is 47.4 Å². The van der Waals surface area contributed by atoms with Crippen molar-refractivity contribution in [2.24, 2.45) is 0 Å². The molecule has 0 bridgehead atoms. The van der Waals surface area contributed by atoms with Crippen LogP contribution in [0, 0.1) is 0 Å². The van der Waals surface area contributed by atoms with Crippen LogP contribution >= 0.6 is 11.6 Å². The third-order valence-electron chi connectivity index (χ3n) is 2.96. The number of halogens is 1. The molecule has 6 nitrogen and oxygen atoms in total. The summed E-state index contributed by atoms with van der Waals surface area (Å²) < 4.78 is 27.0. The van der Waals surface area contributed by atoms with Crippen molar-refractivity contribution in [2.45, 2.75) is 18.4 Å². The zero-order valence-corrected chi connectivity index (χ0v) is 13.8. The van der Waals surface area contributed by atoms with E-state index in [1.807, 2.05) is 0 Å². The van der Waals surface area contributed by atoms with Gasteiger partial charge in [-0.25, -0.2) is 8.42 Å². The Bertz CT molecular complexity index is 820. The molecular formula is C15H15ClN2O4S. The number of carbonyl (C=O) groups excluding carboxylic acids is 1. The molecule has 0 unspecified atom stereocenters. The van der Waals surface area contributed by atoms with E-state index in [0.29, 0.717) is 11.3 Å². The van der Waals surface area contributed by atoms with Crippen molar-refractivity contribution in [2.75, 3.05) is 10.0 Å². The molecule has 0 aromatic heterocycles. The van der Waals surface area contributed by atoms with E-state index in [2.05, 4.69) is 10.0 Å². The first-order valence-electron chi connectivity index (χ1n) is 6.61. The molecule has 1 amide bonds. The Morgan fingerprint density at radius 2 is 1.74 bits per heavy atom. The minimum absolute atomic E-state index is 0.0500. The number of nitrogens with one attached hydrogen (secondary N) is 2. The molecular weight excluding hydrogens is 340 g/mol. The molecule has 0 heterocycles. The first-order chi connectivity index (χ1) is 10.8. The Morgan fingerprint density at radius 1 is 1.13 bits per heavy atom. The predicted molar refractivity (Wildman–Crippen MR) is 88.9 cm³/mol. The van der Waals surface area contributed by atoms with Gasteiger partial charge in [0.2, 0.25) is 5.91 Å².